The van der Waals surface area contributed by atoms with Crippen LogP contribution < -0.4 is 10.1 Å². The van der Waals surface area contributed by atoms with E-state index in [0.29, 0.717) is 5.69 Å². The second kappa shape index (κ2) is 6.25. The average Bonchev–Trinajstić information content (AvgIpc) is 2.76. The summed E-state index contributed by atoms with van der Waals surface area (Å²) >= 11 is 4.26. The third-order valence-corrected chi connectivity index (χ3v) is 3.52. The molecule has 0 amide bonds. The average molecular weight is 350 g/mol. The molecule has 0 aliphatic rings. The van der Waals surface area contributed by atoms with Gasteiger partial charge in [-0.05, 0) is 28.9 Å². The Labute approximate surface area is 121 Å². The molecule has 19 heavy (non-hydrogen) atoms. The third-order valence-electron chi connectivity index (χ3n) is 2.21. The van der Waals surface area contributed by atoms with E-state index >= 15 is 0 Å². The van der Waals surface area contributed by atoms with E-state index in [1.165, 1.54) is 11.5 Å². The van der Waals surface area contributed by atoms with Gasteiger partial charge in [0.05, 0.1) is 4.47 Å². The van der Waals surface area contributed by atoms with Crippen molar-refractivity contribution < 1.29 is 13.5 Å². The molecule has 0 unspecified atom stereocenters. The van der Waals surface area contributed by atoms with Gasteiger partial charge in [0.2, 0.25) is 0 Å². The van der Waals surface area contributed by atoms with Gasteiger partial charge in [-0.2, -0.15) is 0 Å². The topological polar surface area (TPSA) is 47.0 Å². The van der Waals surface area contributed by atoms with E-state index in [2.05, 4.69) is 30.8 Å². The summed E-state index contributed by atoms with van der Waals surface area (Å²) in [5.74, 6) is -1.47. The SMILES string of the molecule is CCNc1snnc1COc1c(F)cc(F)cc1Br. The van der Waals surface area contributed by atoms with Crippen LogP contribution in [0.5, 0.6) is 5.75 Å². The van der Waals surface area contributed by atoms with Crippen LogP contribution in [0.4, 0.5) is 13.8 Å². The molecule has 0 aliphatic heterocycles. The Morgan fingerprint density at radius 3 is 2.89 bits per heavy atom. The number of hydrogen-bond donors (Lipinski definition) is 1. The Kier molecular flexibility index (Phi) is 4.65. The number of halogens is 3. The first-order chi connectivity index (χ1) is 9.11. The van der Waals surface area contributed by atoms with Crippen LogP contribution >= 0.6 is 27.5 Å². The minimum Gasteiger partial charge on any atom is -0.483 e. The van der Waals surface area contributed by atoms with E-state index in [1.54, 1.807) is 0 Å². The first-order valence-corrected chi connectivity index (χ1v) is 7.01. The molecule has 2 aromatic rings. The first-order valence-electron chi connectivity index (χ1n) is 5.44. The Hall–Kier alpha value is -1.28. The van der Waals surface area contributed by atoms with Crippen LogP contribution in [-0.2, 0) is 6.61 Å². The molecular formula is C11H10BrF2N3OS. The minimum atomic E-state index is -0.764. The van der Waals surface area contributed by atoms with Gasteiger partial charge in [0.15, 0.2) is 11.6 Å². The summed E-state index contributed by atoms with van der Waals surface area (Å²) < 4.78 is 35.8. The number of rotatable bonds is 5. The Morgan fingerprint density at radius 1 is 1.42 bits per heavy atom. The van der Waals surface area contributed by atoms with E-state index in [9.17, 15) is 8.78 Å². The Morgan fingerprint density at radius 2 is 2.21 bits per heavy atom. The van der Waals surface area contributed by atoms with Crippen molar-refractivity contribution in [1.29, 1.82) is 0 Å². The fourth-order valence-corrected chi connectivity index (χ4v) is 2.56. The Balaban J connectivity index is 2.12. The first kappa shape index (κ1) is 14.1. The number of anilines is 1. The molecule has 0 bridgehead atoms. The van der Waals surface area contributed by atoms with E-state index in [-0.39, 0.29) is 16.8 Å². The summed E-state index contributed by atoms with van der Waals surface area (Å²) in [5.41, 5.74) is 0.586. The fourth-order valence-electron chi connectivity index (χ4n) is 1.41. The quantitative estimate of drug-likeness (QED) is 0.895. The van der Waals surface area contributed by atoms with Gasteiger partial charge in [0.25, 0.3) is 0 Å². The molecule has 8 heteroatoms. The van der Waals surface area contributed by atoms with E-state index < -0.39 is 11.6 Å². The van der Waals surface area contributed by atoms with Gasteiger partial charge in [-0.25, -0.2) is 8.78 Å². The zero-order valence-corrected chi connectivity index (χ0v) is 12.3. The van der Waals surface area contributed by atoms with Crippen molar-refractivity contribution in [2.75, 3.05) is 11.9 Å². The largest absolute Gasteiger partial charge is 0.483 e. The van der Waals surface area contributed by atoms with Crippen LogP contribution in [0.1, 0.15) is 12.6 Å². The fraction of sp³-hybridized carbons (Fsp3) is 0.273. The number of ether oxygens (including phenoxy) is 1. The number of benzene rings is 1. The van der Waals surface area contributed by atoms with Crippen molar-refractivity contribution in [2.24, 2.45) is 0 Å². The Bertz CT molecular complexity index is 556. The lowest BCUT2D eigenvalue weighted by atomic mass is 10.3. The van der Waals surface area contributed by atoms with Gasteiger partial charge in [-0.15, -0.1) is 5.10 Å². The molecule has 0 fully saturated rings. The van der Waals surface area contributed by atoms with Gasteiger partial charge in [-0.1, -0.05) is 4.49 Å². The van der Waals surface area contributed by atoms with Crippen molar-refractivity contribution in [3.05, 3.63) is 33.9 Å². The number of aromatic nitrogens is 2. The molecule has 1 N–H and O–H groups in total. The monoisotopic (exact) mass is 349 g/mol. The van der Waals surface area contributed by atoms with E-state index in [4.69, 9.17) is 4.74 Å². The summed E-state index contributed by atoms with van der Waals surface area (Å²) in [6, 6.07) is 1.91. The summed E-state index contributed by atoms with van der Waals surface area (Å²) in [6.07, 6.45) is 0. The number of hydrogen-bond acceptors (Lipinski definition) is 5. The molecule has 1 aromatic carbocycles. The minimum absolute atomic E-state index is 0.0446. The van der Waals surface area contributed by atoms with Crippen LogP contribution in [0.25, 0.3) is 0 Å². The van der Waals surface area contributed by atoms with Crippen LogP contribution in [0, 0.1) is 11.6 Å². The van der Waals surface area contributed by atoms with Crippen LogP contribution in [0.3, 0.4) is 0 Å². The highest BCUT2D eigenvalue weighted by atomic mass is 79.9. The molecule has 0 spiro atoms. The molecule has 0 radical (unpaired) electrons. The second-order valence-corrected chi connectivity index (χ2v) is 5.17. The van der Waals surface area contributed by atoms with Crippen molar-refractivity contribution in [1.82, 2.24) is 9.59 Å². The lowest BCUT2D eigenvalue weighted by Gasteiger charge is -2.09. The third kappa shape index (κ3) is 3.38. The highest BCUT2D eigenvalue weighted by molar-refractivity contribution is 9.10. The van der Waals surface area contributed by atoms with Crippen molar-refractivity contribution in [3.63, 3.8) is 0 Å². The molecule has 0 aliphatic carbocycles. The molecule has 102 valence electrons. The van der Waals surface area contributed by atoms with Crippen LogP contribution in [-0.4, -0.2) is 16.1 Å². The van der Waals surface area contributed by atoms with Gasteiger partial charge in [-0.3, -0.25) is 0 Å². The number of nitrogens with zero attached hydrogens (tertiary/aromatic N) is 2. The maximum absolute atomic E-state index is 13.5. The second-order valence-electron chi connectivity index (χ2n) is 3.57. The van der Waals surface area contributed by atoms with Gasteiger partial charge < -0.3 is 10.1 Å². The maximum Gasteiger partial charge on any atom is 0.169 e. The van der Waals surface area contributed by atoms with E-state index in [0.717, 1.165) is 23.7 Å². The van der Waals surface area contributed by atoms with Crippen molar-refractivity contribution in [2.45, 2.75) is 13.5 Å². The summed E-state index contributed by atoms with van der Waals surface area (Å²) in [4.78, 5) is 0. The smallest absolute Gasteiger partial charge is 0.169 e. The predicted octanol–water partition coefficient (Wildman–Crippen LogP) is 3.59. The molecule has 0 saturated carbocycles. The molecule has 2 rings (SSSR count). The summed E-state index contributed by atoms with van der Waals surface area (Å²) in [7, 11) is 0. The van der Waals surface area contributed by atoms with Crippen molar-refractivity contribution in [3.8, 4) is 5.75 Å². The van der Waals surface area contributed by atoms with Crippen molar-refractivity contribution >= 4 is 32.5 Å². The van der Waals surface area contributed by atoms with E-state index in [1.807, 2.05) is 6.92 Å². The predicted molar refractivity (Wildman–Crippen MR) is 72.5 cm³/mol. The molecular weight excluding hydrogens is 340 g/mol. The molecule has 0 atom stereocenters. The summed E-state index contributed by atoms with van der Waals surface area (Å²) in [6.45, 7) is 2.73. The number of nitrogens with one attached hydrogen (secondary N) is 1. The lowest BCUT2D eigenvalue weighted by Crippen LogP contribution is -2.03. The molecule has 4 nitrogen and oxygen atoms in total. The van der Waals surface area contributed by atoms with Gasteiger partial charge >= 0.3 is 0 Å². The standard InChI is InChI=1S/C11H10BrF2N3OS/c1-2-15-11-9(16-17-19-11)5-18-10-7(12)3-6(13)4-8(10)14/h3-4,15H,2,5H2,1H3. The highest BCUT2D eigenvalue weighted by Gasteiger charge is 2.13. The molecule has 1 aromatic heterocycles. The summed E-state index contributed by atoms with van der Waals surface area (Å²) in [5, 5.41) is 7.75. The molecule has 0 saturated heterocycles. The van der Waals surface area contributed by atoms with Gasteiger partial charge in [0.1, 0.15) is 23.1 Å². The van der Waals surface area contributed by atoms with Gasteiger partial charge in [0, 0.05) is 24.1 Å². The zero-order chi connectivity index (χ0) is 13.8. The van der Waals surface area contributed by atoms with Crippen LogP contribution in [0.15, 0.2) is 16.6 Å². The lowest BCUT2D eigenvalue weighted by molar-refractivity contribution is 0.283. The molecule has 1 heterocycles. The normalized spacial score (nSPS) is 10.5. The zero-order valence-electron chi connectivity index (χ0n) is 9.91. The highest BCUT2D eigenvalue weighted by Crippen LogP contribution is 2.30. The maximum atomic E-state index is 13.5. The van der Waals surface area contributed by atoms with Crippen LogP contribution in [0.2, 0.25) is 0 Å².